The van der Waals surface area contributed by atoms with Crippen molar-refractivity contribution in [1.29, 1.82) is 5.26 Å². The second-order valence-corrected chi connectivity index (χ2v) is 5.36. The van der Waals surface area contributed by atoms with Gasteiger partial charge in [0.25, 0.3) is 0 Å². The van der Waals surface area contributed by atoms with E-state index in [1.165, 1.54) is 0 Å². The van der Waals surface area contributed by atoms with Gasteiger partial charge in [-0.05, 0) is 36.2 Å². The van der Waals surface area contributed by atoms with Gasteiger partial charge >= 0.3 is 5.97 Å². The third kappa shape index (κ3) is 3.55. The molecule has 106 valence electrons. The molecule has 0 spiro atoms. The number of nitrogens with zero attached hydrogens (tertiary/aromatic N) is 1. The van der Waals surface area contributed by atoms with Gasteiger partial charge in [0.1, 0.15) is 0 Å². The van der Waals surface area contributed by atoms with E-state index in [1.54, 1.807) is 42.5 Å². The minimum absolute atomic E-state index is 0.217. The lowest BCUT2D eigenvalue weighted by atomic mass is 9.91. The molecule has 5 heteroatoms. The van der Waals surface area contributed by atoms with Crippen molar-refractivity contribution in [3.8, 4) is 6.07 Å². The lowest BCUT2D eigenvalue weighted by Gasteiger charge is -2.16. The number of hydrogen-bond acceptors (Lipinski definition) is 2. The SMILES string of the molecule is N#Cc1cccc(CC(C(=O)O)c2c(Cl)cccc2Cl)c1. The van der Waals surface area contributed by atoms with Crippen LogP contribution >= 0.6 is 23.2 Å². The largest absolute Gasteiger partial charge is 0.481 e. The zero-order valence-electron chi connectivity index (χ0n) is 10.9. The van der Waals surface area contributed by atoms with Crippen LogP contribution in [0.1, 0.15) is 22.6 Å². The molecule has 0 aliphatic heterocycles. The molecular weight excluding hydrogens is 309 g/mol. The number of aliphatic carboxylic acids is 1. The first-order chi connectivity index (χ1) is 10.0. The molecule has 0 heterocycles. The van der Waals surface area contributed by atoms with Gasteiger partial charge in [0.2, 0.25) is 0 Å². The van der Waals surface area contributed by atoms with Gasteiger partial charge in [-0.1, -0.05) is 41.4 Å². The molecule has 1 N–H and O–H groups in total. The Kier molecular flexibility index (Phi) is 4.85. The first-order valence-corrected chi connectivity index (χ1v) is 6.94. The summed E-state index contributed by atoms with van der Waals surface area (Å²) in [5.74, 6) is -1.87. The van der Waals surface area contributed by atoms with Crippen LogP contribution in [0, 0.1) is 11.3 Å². The molecule has 0 amide bonds. The third-order valence-electron chi connectivity index (χ3n) is 3.14. The molecule has 3 nitrogen and oxygen atoms in total. The van der Waals surface area contributed by atoms with E-state index in [2.05, 4.69) is 0 Å². The molecule has 0 aliphatic rings. The minimum Gasteiger partial charge on any atom is -0.481 e. The first-order valence-electron chi connectivity index (χ1n) is 6.18. The van der Waals surface area contributed by atoms with Crippen molar-refractivity contribution >= 4 is 29.2 Å². The van der Waals surface area contributed by atoms with E-state index in [0.717, 1.165) is 5.56 Å². The topological polar surface area (TPSA) is 61.1 Å². The van der Waals surface area contributed by atoms with Crippen molar-refractivity contribution in [2.24, 2.45) is 0 Å². The van der Waals surface area contributed by atoms with Crippen LogP contribution in [0.3, 0.4) is 0 Å². The van der Waals surface area contributed by atoms with Crippen LogP contribution in [0.5, 0.6) is 0 Å². The summed E-state index contributed by atoms with van der Waals surface area (Å²) in [6.45, 7) is 0. The number of halogens is 2. The highest BCUT2D eigenvalue weighted by Crippen LogP contribution is 2.34. The number of carbonyl (C=O) groups is 1. The van der Waals surface area contributed by atoms with Crippen LogP contribution in [-0.4, -0.2) is 11.1 Å². The van der Waals surface area contributed by atoms with Gasteiger partial charge in [0, 0.05) is 15.6 Å². The maximum atomic E-state index is 11.6. The summed E-state index contributed by atoms with van der Waals surface area (Å²) < 4.78 is 0. The predicted molar refractivity (Wildman–Crippen MR) is 81.7 cm³/mol. The normalized spacial score (nSPS) is 11.7. The molecule has 2 aromatic rings. The predicted octanol–water partition coefficient (Wildman–Crippen LogP) is 4.28. The summed E-state index contributed by atoms with van der Waals surface area (Å²) >= 11 is 12.2. The summed E-state index contributed by atoms with van der Waals surface area (Å²) in [5.41, 5.74) is 1.63. The Labute approximate surface area is 132 Å². The molecular formula is C16H11Cl2NO2. The molecule has 2 rings (SSSR count). The summed E-state index contributed by atoms with van der Waals surface area (Å²) in [4.78, 5) is 11.6. The van der Waals surface area contributed by atoms with Gasteiger partial charge in [-0.25, -0.2) is 0 Å². The van der Waals surface area contributed by atoms with Crippen LogP contribution in [0.2, 0.25) is 10.0 Å². The molecule has 1 unspecified atom stereocenters. The fourth-order valence-electron chi connectivity index (χ4n) is 2.16. The number of nitriles is 1. The van der Waals surface area contributed by atoms with Gasteiger partial charge in [-0.2, -0.15) is 5.26 Å². The van der Waals surface area contributed by atoms with Crippen LogP contribution in [0.15, 0.2) is 42.5 Å². The lowest BCUT2D eigenvalue weighted by molar-refractivity contribution is -0.138. The standard InChI is InChI=1S/C16H11Cl2NO2/c17-13-5-2-6-14(18)15(13)12(16(20)21)8-10-3-1-4-11(7-10)9-19/h1-7,12H,8H2,(H,20,21). The number of hydrogen-bond donors (Lipinski definition) is 1. The van der Waals surface area contributed by atoms with Crippen LogP contribution in [0.4, 0.5) is 0 Å². The molecule has 0 radical (unpaired) electrons. The zero-order valence-corrected chi connectivity index (χ0v) is 12.4. The summed E-state index contributed by atoms with van der Waals surface area (Å²) in [6, 6.07) is 13.8. The Morgan fingerprint density at radius 3 is 2.38 bits per heavy atom. The molecule has 21 heavy (non-hydrogen) atoms. The molecule has 0 fully saturated rings. The van der Waals surface area contributed by atoms with Gasteiger partial charge in [0.05, 0.1) is 17.6 Å². The number of benzene rings is 2. The van der Waals surface area contributed by atoms with Crippen LogP contribution in [-0.2, 0) is 11.2 Å². The Morgan fingerprint density at radius 1 is 1.19 bits per heavy atom. The summed E-state index contributed by atoms with van der Waals surface area (Å²) in [6.07, 6.45) is 0.217. The quantitative estimate of drug-likeness (QED) is 0.915. The van der Waals surface area contributed by atoms with Crippen LogP contribution < -0.4 is 0 Å². The monoisotopic (exact) mass is 319 g/mol. The Bertz CT molecular complexity index is 702. The summed E-state index contributed by atoms with van der Waals surface area (Å²) in [5, 5.41) is 19.0. The van der Waals surface area contributed by atoms with E-state index in [1.807, 2.05) is 6.07 Å². The highest BCUT2D eigenvalue weighted by atomic mass is 35.5. The molecule has 0 saturated heterocycles. The highest BCUT2D eigenvalue weighted by molar-refractivity contribution is 6.36. The van der Waals surface area contributed by atoms with Gasteiger partial charge in [-0.3, -0.25) is 4.79 Å². The Morgan fingerprint density at radius 2 is 1.81 bits per heavy atom. The van der Waals surface area contributed by atoms with Gasteiger partial charge in [-0.15, -0.1) is 0 Å². The molecule has 0 saturated carbocycles. The maximum Gasteiger partial charge on any atom is 0.311 e. The second-order valence-electron chi connectivity index (χ2n) is 4.54. The average molecular weight is 320 g/mol. The second kappa shape index (κ2) is 6.62. The van der Waals surface area contributed by atoms with Crippen molar-refractivity contribution in [3.63, 3.8) is 0 Å². The Balaban J connectivity index is 2.41. The smallest absolute Gasteiger partial charge is 0.311 e. The maximum absolute atomic E-state index is 11.6. The van der Waals surface area contributed by atoms with Crippen molar-refractivity contribution in [1.82, 2.24) is 0 Å². The number of carboxylic acid groups (broad SMARTS) is 1. The Hall–Kier alpha value is -2.02. The van der Waals surface area contributed by atoms with Crippen molar-refractivity contribution in [2.75, 3.05) is 0 Å². The molecule has 1 atom stereocenters. The molecule has 0 aromatic heterocycles. The van der Waals surface area contributed by atoms with E-state index in [0.29, 0.717) is 21.2 Å². The number of carboxylic acids is 1. The minimum atomic E-state index is -1.01. The van der Waals surface area contributed by atoms with Crippen molar-refractivity contribution in [2.45, 2.75) is 12.3 Å². The first kappa shape index (κ1) is 15.4. The molecule has 2 aromatic carbocycles. The molecule has 0 bridgehead atoms. The highest BCUT2D eigenvalue weighted by Gasteiger charge is 2.25. The molecule has 0 aliphatic carbocycles. The van der Waals surface area contributed by atoms with E-state index in [9.17, 15) is 9.90 Å². The van der Waals surface area contributed by atoms with Gasteiger partial charge in [0.15, 0.2) is 0 Å². The van der Waals surface area contributed by atoms with E-state index < -0.39 is 11.9 Å². The zero-order chi connectivity index (χ0) is 15.4. The lowest BCUT2D eigenvalue weighted by Crippen LogP contribution is -2.15. The third-order valence-corrected chi connectivity index (χ3v) is 3.80. The van der Waals surface area contributed by atoms with Crippen molar-refractivity contribution < 1.29 is 9.90 Å². The van der Waals surface area contributed by atoms with E-state index in [4.69, 9.17) is 28.5 Å². The van der Waals surface area contributed by atoms with E-state index >= 15 is 0 Å². The van der Waals surface area contributed by atoms with Gasteiger partial charge < -0.3 is 5.11 Å². The fourth-order valence-corrected chi connectivity index (χ4v) is 2.82. The van der Waals surface area contributed by atoms with E-state index in [-0.39, 0.29) is 6.42 Å². The number of rotatable bonds is 4. The summed E-state index contributed by atoms with van der Waals surface area (Å²) in [7, 11) is 0. The van der Waals surface area contributed by atoms with Crippen molar-refractivity contribution in [3.05, 3.63) is 69.2 Å². The average Bonchev–Trinajstić information content (AvgIpc) is 2.46. The van der Waals surface area contributed by atoms with Crippen LogP contribution in [0.25, 0.3) is 0 Å². The fraction of sp³-hybridized carbons (Fsp3) is 0.125.